The molecular formula is C17H16BrN3O3S. The average molecular weight is 422 g/mol. The van der Waals surface area contributed by atoms with Gasteiger partial charge in [-0.1, -0.05) is 28.1 Å². The molecule has 3 rings (SSSR count). The molecule has 1 saturated heterocycles. The lowest BCUT2D eigenvalue weighted by atomic mass is 10.1. The van der Waals surface area contributed by atoms with Gasteiger partial charge in [0.25, 0.3) is 0 Å². The Kier molecular flexibility index (Phi) is 5.11. The molecule has 1 heterocycles. The lowest BCUT2D eigenvalue weighted by Crippen LogP contribution is -2.38. The van der Waals surface area contributed by atoms with Gasteiger partial charge in [0, 0.05) is 17.6 Å². The monoisotopic (exact) mass is 421 g/mol. The lowest BCUT2D eigenvalue weighted by molar-refractivity contribution is 0.0397. The van der Waals surface area contributed by atoms with Crippen molar-refractivity contribution in [2.75, 3.05) is 24.6 Å². The number of hydrogen-bond acceptors (Lipinski definition) is 5. The number of nitrogens with zero attached hydrogens (tertiary/aromatic N) is 2. The molecule has 2 aromatic rings. The van der Waals surface area contributed by atoms with E-state index in [1.807, 2.05) is 29.2 Å². The summed E-state index contributed by atoms with van der Waals surface area (Å²) in [6, 6.07) is 14.2. The van der Waals surface area contributed by atoms with E-state index in [0.717, 1.165) is 10.0 Å². The third kappa shape index (κ3) is 4.02. The summed E-state index contributed by atoms with van der Waals surface area (Å²) in [6.07, 6.45) is -0.161. The van der Waals surface area contributed by atoms with Crippen LogP contribution in [0.5, 0.6) is 0 Å². The molecule has 0 unspecified atom stereocenters. The maximum Gasteiger partial charge on any atom is 0.238 e. The van der Waals surface area contributed by atoms with Gasteiger partial charge in [-0.3, -0.25) is 0 Å². The minimum Gasteiger partial charge on any atom is -0.370 e. The number of halogens is 1. The van der Waals surface area contributed by atoms with Crippen LogP contribution in [-0.2, 0) is 14.8 Å². The molecule has 0 spiro atoms. The van der Waals surface area contributed by atoms with Crippen LogP contribution in [0, 0.1) is 11.3 Å². The van der Waals surface area contributed by atoms with Gasteiger partial charge in [-0.25, -0.2) is 13.6 Å². The van der Waals surface area contributed by atoms with E-state index in [0.29, 0.717) is 30.9 Å². The second-order valence-electron chi connectivity index (χ2n) is 5.69. The van der Waals surface area contributed by atoms with E-state index in [4.69, 9.17) is 9.88 Å². The Labute approximate surface area is 155 Å². The zero-order valence-electron chi connectivity index (χ0n) is 13.2. The highest BCUT2D eigenvalue weighted by atomic mass is 79.9. The molecule has 2 N–H and O–H groups in total. The van der Waals surface area contributed by atoms with Crippen LogP contribution in [0.2, 0.25) is 0 Å². The Morgan fingerprint density at radius 3 is 2.60 bits per heavy atom. The predicted octanol–water partition coefficient (Wildman–Crippen LogP) is 2.55. The smallest absolute Gasteiger partial charge is 0.238 e. The molecule has 0 radical (unpaired) electrons. The fourth-order valence-electron chi connectivity index (χ4n) is 2.79. The summed E-state index contributed by atoms with van der Waals surface area (Å²) in [7, 11) is -3.83. The summed E-state index contributed by atoms with van der Waals surface area (Å²) in [5.41, 5.74) is 1.98. The molecule has 6 nitrogen and oxygen atoms in total. The van der Waals surface area contributed by atoms with Crippen LogP contribution in [0.25, 0.3) is 0 Å². The van der Waals surface area contributed by atoms with E-state index in [2.05, 4.69) is 22.0 Å². The number of sulfonamides is 1. The third-order valence-corrected chi connectivity index (χ3v) is 5.51. The summed E-state index contributed by atoms with van der Waals surface area (Å²) in [5.74, 6) is 0. The number of morpholine rings is 1. The summed E-state index contributed by atoms with van der Waals surface area (Å²) in [4.78, 5) is 1.96. The summed E-state index contributed by atoms with van der Waals surface area (Å²) in [5, 5.41) is 14.6. The number of hydrogen-bond donors (Lipinski definition) is 1. The quantitative estimate of drug-likeness (QED) is 0.820. The van der Waals surface area contributed by atoms with E-state index >= 15 is 0 Å². The Bertz CT molecular complexity index is 923. The van der Waals surface area contributed by atoms with Crippen LogP contribution in [0.1, 0.15) is 17.2 Å². The molecule has 1 atom stereocenters. The van der Waals surface area contributed by atoms with Crippen molar-refractivity contribution in [1.82, 2.24) is 0 Å². The largest absolute Gasteiger partial charge is 0.370 e. The molecule has 2 aromatic carbocycles. The van der Waals surface area contributed by atoms with Crippen molar-refractivity contribution in [3.8, 4) is 6.07 Å². The van der Waals surface area contributed by atoms with Crippen LogP contribution < -0.4 is 10.0 Å². The zero-order valence-corrected chi connectivity index (χ0v) is 15.6. The van der Waals surface area contributed by atoms with Crippen molar-refractivity contribution < 1.29 is 13.2 Å². The Hall–Kier alpha value is -1.92. The van der Waals surface area contributed by atoms with Crippen LogP contribution in [0.4, 0.5) is 5.69 Å². The van der Waals surface area contributed by atoms with Crippen molar-refractivity contribution in [3.63, 3.8) is 0 Å². The molecule has 1 fully saturated rings. The van der Waals surface area contributed by atoms with Crippen molar-refractivity contribution in [2.45, 2.75) is 11.0 Å². The molecule has 0 bridgehead atoms. The maximum atomic E-state index is 11.6. The third-order valence-electron chi connectivity index (χ3n) is 4.07. The number of benzene rings is 2. The number of nitrogens with two attached hydrogens (primary N) is 1. The second-order valence-corrected chi connectivity index (χ2v) is 8.17. The molecule has 1 aliphatic heterocycles. The van der Waals surface area contributed by atoms with E-state index in [1.54, 1.807) is 0 Å². The van der Waals surface area contributed by atoms with Gasteiger partial charge in [0.15, 0.2) is 0 Å². The van der Waals surface area contributed by atoms with Gasteiger partial charge in [0.2, 0.25) is 10.0 Å². The zero-order chi connectivity index (χ0) is 18.0. The Morgan fingerprint density at radius 2 is 1.96 bits per heavy atom. The molecule has 130 valence electrons. The first-order chi connectivity index (χ1) is 11.9. The second kappa shape index (κ2) is 7.14. The van der Waals surface area contributed by atoms with Crippen molar-refractivity contribution in [1.29, 1.82) is 5.26 Å². The van der Waals surface area contributed by atoms with E-state index in [9.17, 15) is 13.7 Å². The van der Waals surface area contributed by atoms with Gasteiger partial charge in [0.1, 0.15) is 12.2 Å². The number of anilines is 1. The standard InChI is InChI=1S/C17H16BrN3O3S/c18-14-4-1-12(2-5-14)17-11-21(7-8-24-17)16-9-15(25(20,22)23)6-3-13(16)10-19/h1-6,9,17H,7-8,11H2,(H2,20,22,23)/t17-/m0/s1. The first kappa shape index (κ1) is 17.9. The van der Waals surface area contributed by atoms with Gasteiger partial charge in [-0.15, -0.1) is 0 Å². The summed E-state index contributed by atoms with van der Waals surface area (Å²) < 4.78 is 30.1. The number of primary sulfonamides is 1. The minimum absolute atomic E-state index is 0.00631. The van der Waals surface area contributed by atoms with E-state index in [1.165, 1.54) is 18.2 Å². The number of nitriles is 1. The first-order valence-electron chi connectivity index (χ1n) is 7.57. The normalized spacial score (nSPS) is 18.0. The predicted molar refractivity (Wildman–Crippen MR) is 97.6 cm³/mol. The maximum absolute atomic E-state index is 11.6. The highest BCUT2D eigenvalue weighted by Crippen LogP contribution is 2.30. The van der Waals surface area contributed by atoms with Crippen molar-refractivity contribution >= 4 is 31.6 Å². The molecule has 0 aliphatic carbocycles. The molecule has 0 amide bonds. The fraction of sp³-hybridized carbons (Fsp3) is 0.235. The van der Waals surface area contributed by atoms with E-state index < -0.39 is 10.0 Å². The van der Waals surface area contributed by atoms with Gasteiger partial charge in [-0.2, -0.15) is 5.26 Å². The van der Waals surface area contributed by atoms with Crippen molar-refractivity contribution in [2.24, 2.45) is 5.14 Å². The van der Waals surface area contributed by atoms with Crippen LogP contribution in [0.3, 0.4) is 0 Å². The van der Waals surface area contributed by atoms with Gasteiger partial charge >= 0.3 is 0 Å². The highest BCUT2D eigenvalue weighted by molar-refractivity contribution is 9.10. The molecule has 25 heavy (non-hydrogen) atoms. The highest BCUT2D eigenvalue weighted by Gasteiger charge is 2.25. The molecule has 8 heteroatoms. The summed E-state index contributed by atoms with van der Waals surface area (Å²) >= 11 is 3.41. The molecule has 0 saturated carbocycles. The van der Waals surface area contributed by atoms with Crippen LogP contribution >= 0.6 is 15.9 Å². The molecule has 1 aliphatic rings. The summed E-state index contributed by atoms with van der Waals surface area (Å²) in [6.45, 7) is 1.56. The van der Waals surface area contributed by atoms with Crippen LogP contribution in [0.15, 0.2) is 51.8 Å². The van der Waals surface area contributed by atoms with Gasteiger partial charge in [-0.05, 0) is 35.9 Å². The molecule has 0 aromatic heterocycles. The topological polar surface area (TPSA) is 96.4 Å². The minimum atomic E-state index is -3.83. The number of rotatable bonds is 3. The Morgan fingerprint density at radius 1 is 1.24 bits per heavy atom. The number of ether oxygens (including phenoxy) is 1. The van der Waals surface area contributed by atoms with Gasteiger partial charge in [0.05, 0.1) is 22.8 Å². The molecular weight excluding hydrogens is 406 g/mol. The fourth-order valence-corrected chi connectivity index (χ4v) is 3.59. The van der Waals surface area contributed by atoms with Crippen LogP contribution in [-0.4, -0.2) is 28.1 Å². The Balaban J connectivity index is 1.93. The van der Waals surface area contributed by atoms with Crippen molar-refractivity contribution in [3.05, 3.63) is 58.1 Å². The SMILES string of the molecule is N#Cc1ccc(S(N)(=O)=O)cc1N1CCO[C@H](c2ccc(Br)cc2)C1. The van der Waals surface area contributed by atoms with E-state index in [-0.39, 0.29) is 11.0 Å². The first-order valence-corrected chi connectivity index (χ1v) is 9.91. The van der Waals surface area contributed by atoms with Gasteiger partial charge < -0.3 is 9.64 Å². The average Bonchev–Trinajstić information content (AvgIpc) is 2.61. The lowest BCUT2D eigenvalue weighted by Gasteiger charge is -2.35.